The Kier molecular flexibility index (Phi) is 9.90. The van der Waals surface area contributed by atoms with Gasteiger partial charge in [0.25, 0.3) is 0 Å². The van der Waals surface area contributed by atoms with E-state index in [-0.39, 0.29) is 57.1 Å². The van der Waals surface area contributed by atoms with E-state index in [9.17, 15) is 19.8 Å². The smallest absolute Gasteiger partial charge is 0.232 e. The lowest BCUT2D eigenvalue weighted by Gasteiger charge is -2.42. The first kappa shape index (κ1) is 27.9. The van der Waals surface area contributed by atoms with Gasteiger partial charge in [-0.2, -0.15) is 0 Å². The van der Waals surface area contributed by atoms with Crippen LogP contribution in [0.25, 0.3) is 0 Å². The van der Waals surface area contributed by atoms with Crippen molar-refractivity contribution in [3.05, 3.63) is 18.4 Å². The number of likely N-dealkylation sites (tertiary alicyclic amines) is 1. The molecule has 0 aliphatic carbocycles. The Morgan fingerprint density at radius 2 is 1.73 bits per heavy atom. The summed E-state index contributed by atoms with van der Waals surface area (Å²) in [5.41, 5.74) is -1.15. The number of aliphatic hydroxyl groups excluding tert-OH is 2. The van der Waals surface area contributed by atoms with Crippen LogP contribution in [0.1, 0.15) is 13.3 Å². The number of nitrogens with one attached hydrogen (secondary N) is 1. The number of anilines is 1. The number of aliphatic hydroxyl groups is 2. The molecule has 1 unspecified atom stereocenters. The Labute approximate surface area is 214 Å². The van der Waals surface area contributed by atoms with E-state index in [1.807, 2.05) is 0 Å². The number of fused-ring (bicyclic) bond motifs is 2. The highest BCUT2D eigenvalue weighted by atomic mass is 16.8. The third-order valence-corrected chi connectivity index (χ3v) is 6.59. The summed E-state index contributed by atoms with van der Waals surface area (Å²) in [5, 5.41) is 24.3. The minimum Gasteiger partial charge on any atom is -0.449 e. The van der Waals surface area contributed by atoms with Gasteiger partial charge in [0.15, 0.2) is 12.2 Å². The number of imide groups is 1. The van der Waals surface area contributed by atoms with Crippen molar-refractivity contribution in [3.8, 4) is 0 Å². The maximum atomic E-state index is 11.8. The second-order valence-electron chi connectivity index (χ2n) is 9.32. The molecule has 0 spiro atoms. The molecule has 3 fully saturated rings. The lowest BCUT2D eigenvalue weighted by atomic mass is 9.88. The van der Waals surface area contributed by atoms with Crippen molar-refractivity contribution in [1.82, 2.24) is 4.90 Å². The Bertz CT molecular complexity index is 869. The second-order valence-corrected chi connectivity index (χ2v) is 9.32. The number of rotatable bonds is 16. The molecule has 0 saturated carbocycles. The molecule has 2 bridgehead atoms. The fourth-order valence-corrected chi connectivity index (χ4v) is 4.51. The van der Waals surface area contributed by atoms with E-state index < -0.39 is 30.1 Å². The molecule has 4 heterocycles. The fraction of sp³-hybridized carbons (Fsp3) is 0.750. The van der Waals surface area contributed by atoms with Crippen LogP contribution in [-0.2, 0) is 38.0 Å². The van der Waals surface area contributed by atoms with Crippen molar-refractivity contribution in [2.45, 2.75) is 43.5 Å². The first-order valence-electron chi connectivity index (χ1n) is 12.5. The topological polar surface area (TPSA) is 158 Å². The van der Waals surface area contributed by atoms with E-state index in [4.69, 9.17) is 32.8 Å². The van der Waals surface area contributed by atoms with Crippen LogP contribution in [0.15, 0.2) is 22.8 Å². The van der Waals surface area contributed by atoms with Gasteiger partial charge in [0.1, 0.15) is 23.9 Å². The number of ether oxygens (including phenoxy) is 6. The average Bonchev–Trinajstić information content (AvgIpc) is 3.60. The van der Waals surface area contributed by atoms with Crippen LogP contribution in [0, 0.1) is 5.92 Å². The summed E-state index contributed by atoms with van der Waals surface area (Å²) in [5.74, 6) is -0.0894. The third-order valence-electron chi connectivity index (χ3n) is 6.59. The predicted octanol–water partition coefficient (Wildman–Crippen LogP) is -0.631. The van der Waals surface area contributed by atoms with Crippen LogP contribution in [0.3, 0.4) is 0 Å². The van der Waals surface area contributed by atoms with Crippen molar-refractivity contribution >= 4 is 17.7 Å². The van der Waals surface area contributed by atoms with Crippen LogP contribution in [0.5, 0.6) is 0 Å². The van der Waals surface area contributed by atoms with E-state index in [0.29, 0.717) is 38.9 Å². The standard InChI is InChI=1S/C24H36N2O11/c1-16-13-18(27)26(22(16)30)4-6-31-7-8-32-9-10-33-11-12-34-14-24-15-36-23(37-24)19(20(28)21(24)29)25-17-3-2-5-35-17/h2-3,5,16,19-21,23,25,28-29H,4,6-15H2,1H3/t16?,19-,20-,21-,23+,24+/m1/s1. The van der Waals surface area contributed by atoms with Gasteiger partial charge in [-0.3, -0.25) is 14.5 Å². The number of nitrogens with zero attached hydrogens (tertiary/aromatic N) is 1. The molecular formula is C24H36N2O11. The summed E-state index contributed by atoms with van der Waals surface area (Å²) in [6, 6.07) is 2.72. The van der Waals surface area contributed by atoms with Gasteiger partial charge in [-0.25, -0.2) is 0 Å². The van der Waals surface area contributed by atoms with E-state index in [0.717, 1.165) is 0 Å². The molecule has 1 aromatic heterocycles. The zero-order valence-corrected chi connectivity index (χ0v) is 20.9. The first-order valence-corrected chi connectivity index (χ1v) is 12.5. The molecule has 3 aliphatic heterocycles. The monoisotopic (exact) mass is 528 g/mol. The highest BCUT2D eigenvalue weighted by Gasteiger charge is 2.59. The van der Waals surface area contributed by atoms with Crippen LogP contribution in [0.2, 0.25) is 0 Å². The SMILES string of the molecule is CC1CC(=O)N(CCOCCOCCOCCOC[C@@]23CO[C@@H](O2)[C@H](Nc2ccco2)[C@@H](O)[C@H]3O)C1=O. The van der Waals surface area contributed by atoms with Crippen LogP contribution < -0.4 is 5.32 Å². The predicted molar refractivity (Wildman–Crippen MR) is 125 cm³/mol. The number of furan rings is 1. The normalized spacial score (nSPS) is 31.4. The Hall–Kier alpha value is -2.10. The van der Waals surface area contributed by atoms with Crippen LogP contribution in [0.4, 0.5) is 5.88 Å². The molecule has 4 rings (SSSR count). The molecule has 0 aromatic carbocycles. The van der Waals surface area contributed by atoms with Gasteiger partial charge in [0.05, 0.1) is 72.3 Å². The maximum absolute atomic E-state index is 11.8. The number of hydrogen-bond acceptors (Lipinski definition) is 12. The molecule has 208 valence electrons. The second kappa shape index (κ2) is 13.1. The van der Waals surface area contributed by atoms with Gasteiger partial charge in [0, 0.05) is 18.4 Å². The maximum Gasteiger partial charge on any atom is 0.232 e. The summed E-state index contributed by atoms with van der Waals surface area (Å²) in [7, 11) is 0. The molecule has 13 heteroatoms. The fourth-order valence-electron chi connectivity index (χ4n) is 4.51. The van der Waals surface area contributed by atoms with E-state index in [1.165, 1.54) is 11.2 Å². The zero-order chi connectivity index (χ0) is 26.3. The van der Waals surface area contributed by atoms with Gasteiger partial charge in [-0.1, -0.05) is 6.92 Å². The van der Waals surface area contributed by atoms with Crippen molar-refractivity contribution in [3.63, 3.8) is 0 Å². The average molecular weight is 529 g/mol. The lowest BCUT2D eigenvalue weighted by Crippen LogP contribution is -2.64. The molecular weight excluding hydrogens is 492 g/mol. The summed E-state index contributed by atoms with van der Waals surface area (Å²) in [6.07, 6.45) is -1.33. The molecule has 13 nitrogen and oxygen atoms in total. The first-order chi connectivity index (χ1) is 17.9. The third kappa shape index (κ3) is 6.86. The minimum atomic E-state index is -1.21. The highest BCUT2D eigenvalue weighted by molar-refractivity contribution is 6.03. The van der Waals surface area contributed by atoms with Crippen molar-refractivity contribution in [2.75, 3.05) is 71.3 Å². The summed E-state index contributed by atoms with van der Waals surface area (Å²) in [6.45, 7) is 4.48. The molecule has 3 saturated heterocycles. The number of carbonyl (C=O) groups is 2. The van der Waals surface area contributed by atoms with E-state index in [2.05, 4.69) is 5.32 Å². The zero-order valence-electron chi connectivity index (χ0n) is 20.9. The van der Waals surface area contributed by atoms with Crippen molar-refractivity contribution in [2.24, 2.45) is 5.92 Å². The van der Waals surface area contributed by atoms with Gasteiger partial charge < -0.3 is 48.4 Å². The molecule has 0 radical (unpaired) electrons. The van der Waals surface area contributed by atoms with Crippen molar-refractivity contribution < 1.29 is 52.6 Å². The molecule has 2 amide bonds. The Morgan fingerprint density at radius 3 is 2.35 bits per heavy atom. The number of hydrogen-bond donors (Lipinski definition) is 3. The van der Waals surface area contributed by atoms with Gasteiger partial charge in [-0.05, 0) is 6.07 Å². The summed E-state index contributed by atoms with van der Waals surface area (Å²) in [4.78, 5) is 24.8. The molecule has 6 atom stereocenters. The van der Waals surface area contributed by atoms with Crippen molar-refractivity contribution in [1.29, 1.82) is 0 Å². The van der Waals surface area contributed by atoms with Gasteiger partial charge in [0.2, 0.25) is 11.8 Å². The lowest BCUT2D eigenvalue weighted by molar-refractivity contribution is -0.230. The molecule has 3 N–H and O–H groups in total. The Morgan fingerprint density at radius 1 is 1.05 bits per heavy atom. The molecule has 37 heavy (non-hydrogen) atoms. The highest BCUT2D eigenvalue weighted by Crippen LogP contribution is 2.38. The minimum absolute atomic E-state index is 0.0416. The number of amides is 2. The van der Waals surface area contributed by atoms with E-state index in [1.54, 1.807) is 19.1 Å². The Balaban J connectivity index is 0.999. The van der Waals surface area contributed by atoms with E-state index >= 15 is 0 Å². The largest absolute Gasteiger partial charge is 0.449 e. The number of carbonyl (C=O) groups excluding carboxylic acids is 2. The molecule has 1 aromatic rings. The summed E-state index contributed by atoms with van der Waals surface area (Å²) >= 11 is 0. The van der Waals surface area contributed by atoms with Crippen LogP contribution >= 0.6 is 0 Å². The van der Waals surface area contributed by atoms with Gasteiger partial charge in [-0.15, -0.1) is 0 Å². The molecule has 3 aliphatic rings. The van der Waals surface area contributed by atoms with Crippen LogP contribution in [-0.4, -0.2) is 123 Å². The quantitative estimate of drug-likeness (QED) is 0.185. The van der Waals surface area contributed by atoms with Gasteiger partial charge >= 0.3 is 0 Å². The summed E-state index contributed by atoms with van der Waals surface area (Å²) < 4.78 is 38.8.